The number of likely N-dealkylation sites (tertiary alicyclic amines) is 1. The molecule has 0 aliphatic carbocycles. The highest BCUT2D eigenvalue weighted by Gasteiger charge is 2.32. The molecule has 0 amide bonds. The third kappa shape index (κ3) is 1.92. The summed E-state index contributed by atoms with van der Waals surface area (Å²) in [4.78, 5) is 2.24. The number of alkyl halides is 1. The van der Waals surface area contributed by atoms with Crippen molar-refractivity contribution in [2.24, 2.45) is 0 Å². The fourth-order valence-electron chi connectivity index (χ4n) is 1.78. The van der Waals surface area contributed by atoms with Gasteiger partial charge < -0.3 is 0 Å². The highest BCUT2D eigenvalue weighted by molar-refractivity contribution is 4.87. The maximum atomic E-state index is 12.9. The second-order valence-corrected chi connectivity index (χ2v) is 3.64. The molecule has 1 aliphatic heterocycles. The van der Waals surface area contributed by atoms with Crippen LogP contribution in [0.3, 0.4) is 0 Å². The third-order valence-electron chi connectivity index (χ3n) is 2.67. The van der Waals surface area contributed by atoms with Crippen molar-refractivity contribution in [3.63, 3.8) is 0 Å². The minimum Gasteiger partial charge on any atom is -0.295 e. The van der Waals surface area contributed by atoms with E-state index in [1.165, 1.54) is 6.42 Å². The number of hydrogen-bond acceptors (Lipinski definition) is 1. The number of nitrogens with zero attached hydrogens (tertiary/aromatic N) is 1. The average molecular weight is 159 g/mol. The highest BCUT2D eigenvalue weighted by atomic mass is 19.1. The summed E-state index contributed by atoms with van der Waals surface area (Å²) in [7, 11) is 0. The molecule has 3 atom stereocenters. The molecule has 66 valence electrons. The van der Waals surface area contributed by atoms with Crippen LogP contribution in [-0.2, 0) is 0 Å². The second kappa shape index (κ2) is 3.53. The van der Waals surface area contributed by atoms with Crippen molar-refractivity contribution in [2.45, 2.75) is 51.9 Å². The molecule has 1 aliphatic rings. The Balaban J connectivity index is 2.25. The first-order chi connectivity index (χ1) is 5.15. The summed E-state index contributed by atoms with van der Waals surface area (Å²) >= 11 is 0. The smallest absolute Gasteiger partial charge is 0.112 e. The van der Waals surface area contributed by atoms with Crippen LogP contribution >= 0.6 is 0 Å². The van der Waals surface area contributed by atoms with E-state index < -0.39 is 6.17 Å². The molecule has 1 fully saturated rings. The molecule has 1 heterocycles. The Hall–Kier alpha value is -0.110. The van der Waals surface area contributed by atoms with Crippen molar-refractivity contribution in [2.75, 3.05) is 6.54 Å². The van der Waals surface area contributed by atoms with E-state index in [1.54, 1.807) is 0 Å². The minimum absolute atomic E-state index is 0.606. The molecule has 1 nitrogen and oxygen atoms in total. The Morgan fingerprint density at radius 1 is 1.45 bits per heavy atom. The van der Waals surface area contributed by atoms with Crippen LogP contribution in [0.15, 0.2) is 0 Å². The van der Waals surface area contributed by atoms with Gasteiger partial charge in [-0.15, -0.1) is 0 Å². The molecule has 3 unspecified atom stereocenters. The monoisotopic (exact) mass is 159 g/mol. The fraction of sp³-hybridized carbons (Fsp3) is 1.00. The summed E-state index contributed by atoms with van der Waals surface area (Å²) in [6.07, 6.45) is 1.26. The van der Waals surface area contributed by atoms with E-state index in [9.17, 15) is 4.39 Å². The van der Waals surface area contributed by atoms with Gasteiger partial charge in [0.05, 0.1) is 0 Å². The third-order valence-corrected chi connectivity index (χ3v) is 2.67. The Bertz CT molecular complexity index is 119. The first-order valence-electron chi connectivity index (χ1n) is 4.55. The molecule has 0 radical (unpaired) electrons. The summed E-state index contributed by atoms with van der Waals surface area (Å²) < 4.78 is 12.9. The zero-order chi connectivity index (χ0) is 8.43. The van der Waals surface area contributed by atoms with E-state index in [2.05, 4.69) is 18.7 Å². The zero-order valence-electron chi connectivity index (χ0n) is 7.68. The van der Waals surface area contributed by atoms with Crippen LogP contribution in [-0.4, -0.2) is 29.7 Å². The van der Waals surface area contributed by atoms with Crippen LogP contribution in [0.5, 0.6) is 0 Å². The van der Waals surface area contributed by atoms with Crippen LogP contribution in [0.25, 0.3) is 0 Å². The SMILES string of the molecule is CCC(F)CN1C(C)CC1C. The maximum Gasteiger partial charge on any atom is 0.112 e. The van der Waals surface area contributed by atoms with E-state index in [0.29, 0.717) is 25.0 Å². The molecule has 2 heteroatoms. The number of rotatable bonds is 3. The van der Waals surface area contributed by atoms with Crippen LogP contribution < -0.4 is 0 Å². The van der Waals surface area contributed by atoms with Crippen molar-refractivity contribution in [3.8, 4) is 0 Å². The Kier molecular flexibility index (Phi) is 2.88. The second-order valence-electron chi connectivity index (χ2n) is 3.64. The van der Waals surface area contributed by atoms with Crippen molar-refractivity contribution in [1.82, 2.24) is 4.90 Å². The van der Waals surface area contributed by atoms with Gasteiger partial charge in [-0.25, -0.2) is 4.39 Å². The zero-order valence-corrected chi connectivity index (χ0v) is 7.68. The van der Waals surface area contributed by atoms with Crippen molar-refractivity contribution >= 4 is 0 Å². The van der Waals surface area contributed by atoms with E-state index in [-0.39, 0.29) is 0 Å². The number of halogens is 1. The molecule has 0 aromatic heterocycles. The van der Waals surface area contributed by atoms with Crippen molar-refractivity contribution < 1.29 is 4.39 Å². The van der Waals surface area contributed by atoms with Gasteiger partial charge in [0.25, 0.3) is 0 Å². The fourth-order valence-corrected chi connectivity index (χ4v) is 1.78. The molecule has 0 bridgehead atoms. The molecule has 0 aromatic rings. The summed E-state index contributed by atoms with van der Waals surface area (Å²) in [5, 5.41) is 0. The summed E-state index contributed by atoms with van der Waals surface area (Å²) in [6.45, 7) is 6.88. The molecule has 1 saturated heterocycles. The minimum atomic E-state index is -0.625. The van der Waals surface area contributed by atoms with E-state index in [1.807, 2.05) is 6.92 Å². The first-order valence-corrected chi connectivity index (χ1v) is 4.55. The molecule has 0 aromatic carbocycles. The molecule has 0 N–H and O–H groups in total. The van der Waals surface area contributed by atoms with Gasteiger partial charge in [-0.1, -0.05) is 6.92 Å². The van der Waals surface area contributed by atoms with Crippen molar-refractivity contribution in [1.29, 1.82) is 0 Å². The predicted molar refractivity (Wildman–Crippen MR) is 45.4 cm³/mol. The molecular formula is C9H18FN. The molecule has 0 spiro atoms. The summed E-state index contributed by atoms with van der Waals surface area (Å²) in [5.74, 6) is 0. The lowest BCUT2D eigenvalue weighted by atomic mass is 9.95. The molecular weight excluding hydrogens is 141 g/mol. The number of hydrogen-bond donors (Lipinski definition) is 0. The summed E-state index contributed by atoms with van der Waals surface area (Å²) in [5.41, 5.74) is 0. The van der Waals surface area contributed by atoms with Gasteiger partial charge in [0.2, 0.25) is 0 Å². The standard InChI is InChI=1S/C9H18FN/c1-4-9(10)6-11-7(2)5-8(11)3/h7-9H,4-6H2,1-3H3. The van der Waals surface area contributed by atoms with Crippen LogP contribution in [0.4, 0.5) is 4.39 Å². The van der Waals surface area contributed by atoms with Gasteiger partial charge in [0.15, 0.2) is 0 Å². The Labute approximate surface area is 68.6 Å². The van der Waals surface area contributed by atoms with Gasteiger partial charge in [-0.3, -0.25) is 4.90 Å². The van der Waals surface area contributed by atoms with Crippen LogP contribution in [0, 0.1) is 0 Å². The van der Waals surface area contributed by atoms with Gasteiger partial charge >= 0.3 is 0 Å². The van der Waals surface area contributed by atoms with Gasteiger partial charge in [0, 0.05) is 18.6 Å². The predicted octanol–water partition coefficient (Wildman–Crippen LogP) is 2.22. The lowest BCUT2D eigenvalue weighted by Crippen LogP contribution is -2.54. The van der Waals surface area contributed by atoms with Gasteiger partial charge in [-0.2, -0.15) is 0 Å². The lowest BCUT2D eigenvalue weighted by Gasteiger charge is -2.46. The molecule has 1 rings (SSSR count). The van der Waals surface area contributed by atoms with Gasteiger partial charge in [0.1, 0.15) is 6.17 Å². The quantitative estimate of drug-likeness (QED) is 0.610. The van der Waals surface area contributed by atoms with Crippen molar-refractivity contribution in [3.05, 3.63) is 0 Å². The van der Waals surface area contributed by atoms with Gasteiger partial charge in [-0.05, 0) is 26.7 Å². The van der Waals surface area contributed by atoms with E-state index in [0.717, 1.165) is 0 Å². The maximum absolute atomic E-state index is 12.9. The van der Waals surface area contributed by atoms with Crippen LogP contribution in [0.2, 0.25) is 0 Å². The summed E-state index contributed by atoms with van der Waals surface area (Å²) in [6, 6.07) is 1.21. The topological polar surface area (TPSA) is 3.24 Å². The average Bonchev–Trinajstić information content (AvgIpc) is 2.00. The highest BCUT2D eigenvalue weighted by Crippen LogP contribution is 2.25. The van der Waals surface area contributed by atoms with E-state index >= 15 is 0 Å². The Morgan fingerprint density at radius 2 is 2.00 bits per heavy atom. The first kappa shape index (κ1) is 8.98. The molecule has 0 saturated carbocycles. The normalized spacial score (nSPS) is 34.9. The largest absolute Gasteiger partial charge is 0.295 e. The van der Waals surface area contributed by atoms with Crippen LogP contribution in [0.1, 0.15) is 33.6 Å². The molecule has 11 heavy (non-hydrogen) atoms. The lowest BCUT2D eigenvalue weighted by molar-refractivity contribution is 0.0146. The Morgan fingerprint density at radius 3 is 2.36 bits per heavy atom. The van der Waals surface area contributed by atoms with E-state index in [4.69, 9.17) is 0 Å².